The first-order valence-electron chi connectivity index (χ1n) is 16.7. The second-order valence-corrected chi connectivity index (χ2v) is 12.3. The smallest absolute Gasteiger partial charge is 0.166 e. The Morgan fingerprint density at radius 3 is 1.40 bits per heavy atom. The molecule has 0 aliphatic carbocycles. The molecule has 4 heteroatoms. The van der Waals surface area contributed by atoms with E-state index in [9.17, 15) is 0 Å². The number of aromatic nitrogens is 4. The fourth-order valence-corrected chi connectivity index (χ4v) is 6.64. The van der Waals surface area contributed by atoms with Crippen molar-refractivity contribution < 1.29 is 0 Å². The summed E-state index contributed by atoms with van der Waals surface area (Å²) in [4.78, 5) is 20.8. The quantitative estimate of drug-likeness (QED) is 0.170. The number of hydrogen-bond donors (Lipinski definition) is 0. The monoisotopic (exact) mass is 638 g/mol. The molecule has 2 aromatic heterocycles. The van der Waals surface area contributed by atoms with E-state index in [2.05, 4.69) is 140 Å². The molecule has 0 bridgehead atoms. The molecule has 0 saturated carbocycles. The van der Waals surface area contributed by atoms with Gasteiger partial charge in [0.05, 0.1) is 11.2 Å². The van der Waals surface area contributed by atoms with E-state index in [1.165, 1.54) is 0 Å². The van der Waals surface area contributed by atoms with Crippen LogP contribution >= 0.6 is 0 Å². The number of rotatable bonds is 6. The van der Waals surface area contributed by atoms with Crippen LogP contribution in [0.1, 0.15) is 0 Å². The zero-order chi connectivity index (χ0) is 33.3. The lowest BCUT2D eigenvalue weighted by Crippen LogP contribution is -2.02. The third-order valence-corrected chi connectivity index (χ3v) is 9.12. The van der Waals surface area contributed by atoms with Gasteiger partial charge >= 0.3 is 0 Å². The van der Waals surface area contributed by atoms with Crippen LogP contribution in [0, 0.1) is 0 Å². The normalized spacial score (nSPS) is 11.2. The molecule has 0 aliphatic heterocycles. The minimum Gasteiger partial charge on any atom is -0.247 e. The predicted octanol–water partition coefficient (Wildman–Crippen LogP) is 11.6. The third kappa shape index (κ3) is 5.49. The molecule has 4 nitrogen and oxygen atoms in total. The molecule has 0 saturated heterocycles. The van der Waals surface area contributed by atoms with Crippen molar-refractivity contribution >= 4 is 21.7 Å². The summed E-state index contributed by atoms with van der Waals surface area (Å²) in [6, 6.07) is 62.8. The number of fused-ring (bicyclic) bond motifs is 3. The summed E-state index contributed by atoms with van der Waals surface area (Å²) in [7, 11) is 0. The number of pyridine rings is 1. The summed E-state index contributed by atoms with van der Waals surface area (Å²) >= 11 is 0. The molecule has 7 aromatic carbocycles. The average Bonchev–Trinajstić information content (AvgIpc) is 3.21. The van der Waals surface area contributed by atoms with Gasteiger partial charge in [0.25, 0.3) is 0 Å². The van der Waals surface area contributed by atoms with Gasteiger partial charge in [-0.3, -0.25) is 0 Å². The van der Waals surface area contributed by atoms with Crippen LogP contribution in [-0.4, -0.2) is 19.9 Å². The molecule has 0 aliphatic rings. The second-order valence-electron chi connectivity index (χ2n) is 12.3. The molecule has 9 aromatic rings. The van der Waals surface area contributed by atoms with Gasteiger partial charge in [0, 0.05) is 27.6 Å². The van der Waals surface area contributed by atoms with Crippen LogP contribution in [0.15, 0.2) is 182 Å². The molecule has 0 fully saturated rings. The van der Waals surface area contributed by atoms with Crippen molar-refractivity contribution in [3.8, 4) is 67.7 Å². The van der Waals surface area contributed by atoms with E-state index >= 15 is 0 Å². The minimum absolute atomic E-state index is 0.577. The van der Waals surface area contributed by atoms with Crippen LogP contribution in [0.5, 0.6) is 0 Å². The van der Waals surface area contributed by atoms with E-state index in [1.807, 2.05) is 42.5 Å². The first-order valence-corrected chi connectivity index (χ1v) is 16.7. The fraction of sp³-hybridized carbons (Fsp3) is 0. The highest BCUT2D eigenvalue weighted by molar-refractivity contribution is 6.18. The van der Waals surface area contributed by atoms with Crippen molar-refractivity contribution in [3.63, 3.8) is 0 Å². The van der Waals surface area contributed by atoms with Crippen LogP contribution in [0.4, 0.5) is 0 Å². The highest BCUT2D eigenvalue weighted by Gasteiger charge is 2.20. The van der Waals surface area contributed by atoms with Gasteiger partial charge in [-0.05, 0) is 45.2 Å². The molecule has 234 valence electrons. The van der Waals surface area contributed by atoms with Gasteiger partial charge in [0.1, 0.15) is 0 Å². The molecule has 0 spiro atoms. The maximum atomic E-state index is 5.41. The van der Waals surface area contributed by atoms with Gasteiger partial charge in [-0.2, -0.15) is 0 Å². The van der Waals surface area contributed by atoms with E-state index in [4.69, 9.17) is 19.9 Å². The van der Waals surface area contributed by atoms with E-state index in [0.717, 1.165) is 71.9 Å². The largest absolute Gasteiger partial charge is 0.247 e. The molecule has 0 N–H and O–H groups in total. The standard InChI is InChI=1S/C46H30N4/c1-5-15-31(16-6-1)32-25-27-36(28-26-32)45-48-44(35-21-11-4-12-22-35)49-46(50-45)40-29-37-23-13-14-24-38(37)42-39(33-17-7-2-8-18-33)30-41(47-43(40)42)34-19-9-3-10-20-34/h1-30H. The lowest BCUT2D eigenvalue weighted by Gasteiger charge is -2.16. The molecule has 2 heterocycles. The van der Waals surface area contributed by atoms with Gasteiger partial charge in [-0.25, -0.2) is 19.9 Å². The van der Waals surface area contributed by atoms with Crippen molar-refractivity contribution in [1.82, 2.24) is 19.9 Å². The molecule has 0 radical (unpaired) electrons. The van der Waals surface area contributed by atoms with Crippen LogP contribution in [0.25, 0.3) is 89.4 Å². The summed E-state index contributed by atoms with van der Waals surface area (Å²) in [5.74, 6) is 1.80. The molecule has 0 amide bonds. The Labute approximate surface area is 290 Å². The Morgan fingerprint density at radius 2 is 0.760 bits per heavy atom. The molecular weight excluding hydrogens is 609 g/mol. The van der Waals surface area contributed by atoms with Crippen molar-refractivity contribution in [2.24, 2.45) is 0 Å². The van der Waals surface area contributed by atoms with E-state index < -0.39 is 0 Å². The predicted molar refractivity (Wildman–Crippen MR) is 205 cm³/mol. The summed E-state index contributed by atoms with van der Waals surface area (Å²) in [5, 5.41) is 3.29. The Morgan fingerprint density at radius 1 is 0.300 bits per heavy atom. The maximum absolute atomic E-state index is 5.41. The van der Waals surface area contributed by atoms with Crippen LogP contribution in [0.2, 0.25) is 0 Å². The first kappa shape index (κ1) is 29.4. The summed E-state index contributed by atoms with van der Waals surface area (Å²) < 4.78 is 0. The Bertz CT molecular complexity index is 2600. The minimum atomic E-state index is 0.577. The average molecular weight is 639 g/mol. The maximum Gasteiger partial charge on any atom is 0.166 e. The summed E-state index contributed by atoms with van der Waals surface area (Å²) in [6.07, 6.45) is 0. The van der Waals surface area contributed by atoms with Crippen molar-refractivity contribution in [1.29, 1.82) is 0 Å². The fourth-order valence-electron chi connectivity index (χ4n) is 6.64. The Kier molecular flexibility index (Phi) is 7.45. The molecule has 0 unspecified atom stereocenters. The van der Waals surface area contributed by atoms with E-state index in [0.29, 0.717) is 17.5 Å². The highest BCUT2D eigenvalue weighted by atomic mass is 15.0. The number of nitrogens with zero attached hydrogens (tertiary/aromatic N) is 4. The zero-order valence-corrected chi connectivity index (χ0v) is 27.1. The number of hydrogen-bond acceptors (Lipinski definition) is 4. The van der Waals surface area contributed by atoms with Crippen LogP contribution in [0.3, 0.4) is 0 Å². The first-order chi connectivity index (χ1) is 24.8. The molecule has 9 rings (SSSR count). The topological polar surface area (TPSA) is 51.6 Å². The van der Waals surface area contributed by atoms with Crippen LogP contribution < -0.4 is 0 Å². The van der Waals surface area contributed by atoms with Gasteiger partial charge in [-0.15, -0.1) is 0 Å². The Balaban J connectivity index is 1.33. The molecular formula is C46H30N4. The van der Waals surface area contributed by atoms with Gasteiger partial charge in [0.2, 0.25) is 0 Å². The lowest BCUT2D eigenvalue weighted by atomic mass is 9.92. The summed E-state index contributed by atoms with van der Waals surface area (Å²) in [5.41, 5.74) is 10.0. The summed E-state index contributed by atoms with van der Waals surface area (Å²) in [6.45, 7) is 0. The zero-order valence-electron chi connectivity index (χ0n) is 27.1. The highest BCUT2D eigenvalue weighted by Crippen LogP contribution is 2.41. The molecule has 50 heavy (non-hydrogen) atoms. The van der Waals surface area contributed by atoms with Crippen LogP contribution in [-0.2, 0) is 0 Å². The lowest BCUT2D eigenvalue weighted by molar-refractivity contribution is 1.08. The third-order valence-electron chi connectivity index (χ3n) is 9.12. The van der Waals surface area contributed by atoms with Gasteiger partial charge < -0.3 is 0 Å². The SMILES string of the molecule is c1ccc(-c2ccc(-c3nc(-c4ccccc4)nc(-c4cc5ccccc5c5c(-c6ccccc6)cc(-c6ccccc6)nc45)n3)cc2)cc1. The Hall–Kier alpha value is -6.78. The second kappa shape index (κ2) is 12.7. The number of benzene rings is 7. The van der Waals surface area contributed by atoms with E-state index in [1.54, 1.807) is 0 Å². The van der Waals surface area contributed by atoms with Gasteiger partial charge in [-0.1, -0.05) is 170 Å². The molecule has 0 atom stereocenters. The van der Waals surface area contributed by atoms with Crippen molar-refractivity contribution in [2.75, 3.05) is 0 Å². The van der Waals surface area contributed by atoms with Gasteiger partial charge in [0.15, 0.2) is 17.5 Å². The van der Waals surface area contributed by atoms with Crippen molar-refractivity contribution in [3.05, 3.63) is 182 Å². The van der Waals surface area contributed by atoms with Crippen molar-refractivity contribution in [2.45, 2.75) is 0 Å². The van der Waals surface area contributed by atoms with E-state index in [-0.39, 0.29) is 0 Å².